The van der Waals surface area contributed by atoms with E-state index in [1.165, 1.54) is 0 Å². The van der Waals surface area contributed by atoms with E-state index in [2.05, 4.69) is 6.07 Å². The average molecular weight is 529 g/mol. The Morgan fingerprint density at radius 2 is 1.34 bits per heavy atom. The van der Waals surface area contributed by atoms with Crippen LogP contribution in [0.5, 0.6) is 17.2 Å². The average Bonchev–Trinajstić information content (AvgIpc) is 3.37. The Morgan fingerprint density at radius 1 is 0.684 bits per heavy atom. The predicted octanol–water partition coefficient (Wildman–Crippen LogP) is 6.01. The fourth-order valence-electron chi connectivity index (χ4n) is 3.74. The first-order chi connectivity index (χ1) is 18.7. The van der Waals surface area contributed by atoms with Gasteiger partial charge in [0.1, 0.15) is 19.0 Å². The van der Waals surface area contributed by atoms with Crippen molar-refractivity contribution in [2.75, 3.05) is 73.2 Å². The molecule has 1 heterocycles. The molecular weight excluding hydrogens is 488 g/mol. The number of methoxy groups -OCH3 is 1. The summed E-state index contributed by atoms with van der Waals surface area (Å²) in [6, 6.07) is 11.8. The van der Waals surface area contributed by atoms with Crippen LogP contribution in [0.3, 0.4) is 0 Å². The van der Waals surface area contributed by atoms with Gasteiger partial charge in [0.15, 0.2) is 22.8 Å². The lowest BCUT2D eigenvalue weighted by Crippen LogP contribution is -2.07. The van der Waals surface area contributed by atoms with E-state index in [1.54, 1.807) is 7.11 Å². The monoisotopic (exact) mass is 528 g/mol. The molecule has 38 heavy (non-hydrogen) atoms. The van der Waals surface area contributed by atoms with Crippen molar-refractivity contribution in [3.63, 3.8) is 0 Å². The Bertz CT molecular complexity index is 1120. The van der Waals surface area contributed by atoms with Gasteiger partial charge >= 0.3 is 0 Å². The van der Waals surface area contributed by atoms with Crippen molar-refractivity contribution in [1.29, 1.82) is 0 Å². The third-order valence-corrected chi connectivity index (χ3v) is 5.53. The van der Waals surface area contributed by atoms with Crippen LogP contribution in [-0.2, 0) is 18.9 Å². The topological polar surface area (TPSA) is 77.8 Å². The molecule has 0 atom stereocenters. The van der Waals surface area contributed by atoms with Gasteiger partial charge in [-0.15, -0.1) is 0 Å². The summed E-state index contributed by atoms with van der Waals surface area (Å²) >= 11 is 0. The van der Waals surface area contributed by atoms with E-state index in [0.717, 1.165) is 16.5 Å². The van der Waals surface area contributed by atoms with E-state index in [9.17, 15) is 0 Å². The summed E-state index contributed by atoms with van der Waals surface area (Å²) in [4.78, 5) is 0. The summed E-state index contributed by atoms with van der Waals surface area (Å²) in [7, 11) is 1.62. The first kappa shape index (κ1) is 29.5. The minimum absolute atomic E-state index is 0.425. The van der Waals surface area contributed by atoms with Crippen LogP contribution >= 0.6 is 0 Å². The first-order valence-electron chi connectivity index (χ1n) is 13.2. The van der Waals surface area contributed by atoms with E-state index in [0.29, 0.717) is 94.7 Å². The highest BCUT2D eigenvalue weighted by molar-refractivity contribution is 5.89. The molecular formula is C30H40O8. The van der Waals surface area contributed by atoms with Crippen molar-refractivity contribution in [1.82, 2.24) is 0 Å². The number of benzene rings is 2. The van der Waals surface area contributed by atoms with Crippen molar-refractivity contribution in [2.45, 2.75) is 20.8 Å². The van der Waals surface area contributed by atoms with Gasteiger partial charge in [-0.25, -0.2) is 0 Å². The van der Waals surface area contributed by atoms with Gasteiger partial charge in [-0.05, 0) is 62.7 Å². The van der Waals surface area contributed by atoms with Crippen molar-refractivity contribution in [2.24, 2.45) is 0 Å². The summed E-state index contributed by atoms with van der Waals surface area (Å²) in [6.45, 7) is 11.4. The van der Waals surface area contributed by atoms with Crippen LogP contribution in [0.25, 0.3) is 28.4 Å². The molecule has 0 radical (unpaired) electrons. The summed E-state index contributed by atoms with van der Waals surface area (Å²) in [6.07, 6.45) is 3.99. The van der Waals surface area contributed by atoms with Crippen LogP contribution in [0.4, 0.5) is 0 Å². The molecule has 3 aromatic rings. The molecule has 0 unspecified atom stereocenters. The number of hydrogen-bond donors (Lipinski definition) is 0. The lowest BCUT2D eigenvalue weighted by Gasteiger charge is -2.11. The van der Waals surface area contributed by atoms with Gasteiger partial charge in [0.2, 0.25) is 0 Å². The largest absolute Gasteiger partial charge is 0.493 e. The van der Waals surface area contributed by atoms with Crippen LogP contribution in [0.15, 0.2) is 46.9 Å². The second-order valence-corrected chi connectivity index (χ2v) is 8.18. The summed E-state index contributed by atoms with van der Waals surface area (Å²) < 4.78 is 45.4. The molecule has 0 spiro atoms. The van der Waals surface area contributed by atoms with Crippen LogP contribution in [0, 0.1) is 0 Å². The standard InChI is InChI=1S/C30H40O8/c1-5-32-13-14-35-12-8-9-23-19-25-22-27(38-30(25)29(20-23)37-18-16-34-7-3)24-10-11-26(28(21-24)31-4)36-17-15-33-6-2/h8-11,19-22H,5-7,12-18H2,1-4H3/b9-8+. The van der Waals surface area contributed by atoms with Crippen LogP contribution in [-0.4, -0.2) is 73.2 Å². The SMILES string of the molecule is CCOCCOC/C=C/c1cc(OCCOCC)c2oc(-c3ccc(OCCOCC)c(OC)c3)cc2c1. The zero-order valence-corrected chi connectivity index (χ0v) is 23.0. The normalized spacial score (nSPS) is 11.5. The molecule has 0 saturated carbocycles. The summed E-state index contributed by atoms with van der Waals surface area (Å²) in [5.41, 5.74) is 2.54. The number of fused-ring (bicyclic) bond motifs is 1. The Hall–Kier alpha value is -3.04. The molecule has 0 aliphatic heterocycles. The molecule has 2 aromatic carbocycles. The molecule has 3 rings (SSSR count). The molecule has 0 saturated heterocycles. The van der Waals surface area contributed by atoms with E-state index >= 15 is 0 Å². The van der Waals surface area contributed by atoms with E-state index < -0.39 is 0 Å². The molecule has 0 N–H and O–H groups in total. The van der Waals surface area contributed by atoms with Crippen molar-refractivity contribution >= 4 is 17.0 Å². The van der Waals surface area contributed by atoms with E-state index in [4.69, 9.17) is 37.6 Å². The van der Waals surface area contributed by atoms with Gasteiger partial charge in [-0.3, -0.25) is 0 Å². The molecule has 208 valence electrons. The van der Waals surface area contributed by atoms with Gasteiger partial charge in [-0.2, -0.15) is 0 Å². The fourth-order valence-corrected chi connectivity index (χ4v) is 3.74. The number of rotatable bonds is 19. The predicted molar refractivity (Wildman–Crippen MR) is 149 cm³/mol. The number of hydrogen-bond acceptors (Lipinski definition) is 8. The lowest BCUT2D eigenvalue weighted by molar-refractivity contribution is 0.0645. The smallest absolute Gasteiger partial charge is 0.176 e. The molecule has 0 aliphatic carbocycles. The molecule has 8 nitrogen and oxygen atoms in total. The quantitative estimate of drug-likeness (QED) is 0.175. The van der Waals surface area contributed by atoms with Gasteiger partial charge in [0, 0.05) is 30.8 Å². The Balaban J connectivity index is 1.81. The van der Waals surface area contributed by atoms with Crippen molar-refractivity contribution in [3.8, 4) is 28.6 Å². The maximum absolute atomic E-state index is 6.29. The van der Waals surface area contributed by atoms with Gasteiger partial charge in [-0.1, -0.05) is 12.2 Å². The molecule has 1 aromatic heterocycles. The van der Waals surface area contributed by atoms with Crippen LogP contribution in [0.2, 0.25) is 0 Å². The van der Waals surface area contributed by atoms with Gasteiger partial charge in [0.05, 0.1) is 40.1 Å². The highest BCUT2D eigenvalue weighted by Gasteiger charge is 2.15. The number of furan rings is 1. The fraction of sp³-hybridized carbons (Fsp3) is 0.467. The highest BCUT2D eigenvalue weighted by atomic mass is 16.5. The second-order valence-electron chi connectivity index (χ2n) is 8.18. The Labute approximate surface area is 225 Å². The second kappa shape index (κ2) is 16.7. The third-order valence-electron chi connectivity index (χ3n) is 5.53. The highest BCUT2D eigenvalue weighted by Crippen LogP contribution is 2.38. The minimum atomic E-state index is 0.425. The zero-order valence-electron chi connectivity index (χ0n) is 23.0. The van der Waals surface area contributed by atoms with Crippen molar-refractivity contribution < 1.29 is 37.6 Å². The van der Waals surface area contributed by atoms with Gasteiger partial charge < -0.3 is 37.6 Å². The van der Waals surface area contributed by atoms with E-state index in [1.807, 2.05) is 63.3 Å². The molecule has 0 bridgehead atoms. The molecule has 0 fully saturated rings. The third kappa shape index (κ3) is 9.06. The van der Waals surface area contributed by atoms with E-state index in [-0.39, 0.29) is 0 Å². The van der Waals surface area contributed by atoms with Crippen molar-refractivity contribution in [3.05, 3.63) is 48.0 Å². The van der Waals surface area contributed by atoms with Crippen LogP contribution < -0.4 is 14.2 Å². The zero-order chi connectivity index (χ0) is 27.0. The minimum Gasteiger partial charge on any atom is -0.493 e. The molecule has 0 amide bonds. The summed E-state index contributed by atoms with van der Waals surface area (Å²) in [5.74, 6) is 2.64. The Kier molecular flexibility index (Phi) is 13.0. The van der Waals surface area contributed by atoms with Crippen LogP contribution in [0.1, 0.15) is 26.3 Å². The maximum atomic E-state index is 6.29. The molecule has 8 heteroatoms. The lowest BCUT2D eigenvalue weighted by atomic mass is 10.1. The molecule has 0 aliphatic rings. The number of ether oxygens (including phenoxy) is 7. The van der Waals surface area contributed by atoms with Gasteiger partial charge in [0.25, 0.3) is 0 Å². The Morgan fingerprint density at radius 3 is 2.03 bits per heavy atom. The maximum Gasteiger partial charge on any atom is 0.176 e. The summed E-state index contributed by atoms with van der Waals surface area (Å²) in [5, 5.41) is 0.932. The first-order valence-corrected chi connectivity index (χ1v) is 13.2.